The smallest absolute Gasteiger partial charge is 0.292 e. The van der Waals surface area contributed by atoms with E-state index in [1.54, 1.807) is 0 Å². The third-order valence-corrected chi connectivity index (χ3v) is 1.95. The molecule has 1 atom stereocenters. The maximum atomic E-state index is 11.9. The van der Waals surface area contributed by atoms with Crippen LogP contribution in [0, 0.1) is 0 Å². The van der Waals surface area contributed by atoms with Crippen LogP contribution in [0.25, 0.3) is 0 Å². The second kappa shape index (κ2) is 4.40. The Morgan fingerprint density at radius 2 is 2.27 bits per heavy atom. The molecule has 1 rings (SSSR count). The molecule has 0 aliphatic heterocycles. The molecule has 84 valence electrons. The molecule has 0 aliphatic carbocycles. The number of hydrogen-bond donors (Lipinski definition) is 2. The van der Waals surface area contributed by atoms with E-state index in [9.17, 15) is 17.4 Å². The Kier molecular flexibility index (Phi) is 3.42. The number of halogens is 3. The van der Waals surface area contributed by atoms with Crippen LogP contribution in [0.1, 0.15) is 0 Å². The molecule has 0 fully saturated rings. The predicted molar refractivity (Wildman–Crippen MR) is 46.6 cm³/mol. The lowest BCUT2D eigenvalue weighted by atomic mass is 10.7. The number of alkyl halides is 3. The largest absolute Gasteiger partial charge is 0.492 e. The molecule has 6 nitrogen and oxygen atoms in total. The lowest BCUT2D eigenvalue weighted by molar-refractivity contribution is -0.0384. The molecule has 15 heavy (non-hydrogen) atoms. The van der Waals surface area contributed by atoms with Crippen molar-refractivity contribution < 1.29 is 17.4 Å². The van der Waals surface area contributed by atoms with Crippen molar-refractivity contribution >= 4 is 16.9 Å². The van der Waals surface area contributed by atoms with Gasteiger partial charge >= 0.3 is 5.51 Å². The summed E-state index contributed by atoms with van der Waals surface area (Å²) in [5.74, 6) is 4.45. The second-order valence-electron chi connectivity index (χ2n) is 2.20. The van der Waals surface area contributed by atoms with Gasteiger partial charge in [0.15, 0.2) is 0 Å². The normalized spacial score (nSPS) is 15.1. The summed E-state index contributed by atoms with van der Waals surface area (Å²) in [4.78, 5) is 0. The molecule has 10 heteroatoms. The van der Waals surface area contributed by atoms with E-state index in [1.165, 1.54) is 18.5 Å². The van der Waals surface area contributed by atoms with Crippen LogP contribution in [0.2, 0.25) is 0 Å². The van der Waals surface area contributed by atoms with Crippen LogP contribution in [0.5, 0.6) is 0 Å². The van der Waals surface area contributed by atoms with Gasteiger partial charge in [0.2, 0.25) is 16.9 Å². The van der Waals surface area contributed by atoms with Gasteiger partial charge in [-0.25, -0.2) is 14.7 Å². The number of nitrogens with two attached hydrogens (primary N) is 1. The predicted octanol–water partition coefficient (Wildman–Crippen LogP) is -0.266. The van der Waals surface area contributed by atoms with Gasteiger partial charge in [-0.1, -0.05) is 0 Å². The molecule has 0 bridgehead atoms. The first kappa shape index (κ1) is 11.7. The molecule has 0 spiro atoms. The van der Waals surface area contributed by atoms with Gasteiger partial charge < -0.3 is 0 Å². The van der Waals surface area contributed by atoms with Crippen molar-refractivity contribution in [2.24, 2.45) is 10.2 Å². The molecular weight excluding hydrogens is 235 g/mol. The summed E-state index contributed by atoms with van der Waals surface area (Å²) in [5, 5.41) is 3.56. The van der Waals surface area contributed by atoms with Crippen LogP contribution in [0.15, 0.2) is 22.9 Å². The van der Waals surface area contributed by atoms with E-state index in [1.807, 2.05) is 5.43 Å². The Morgan fingerprint density at radius 3 is 2.67 bits per heavy atom. The maximum absolute atomic E-state index is 11.9. The van der Waals surface area contributed by atoms with E-state index in [0.29, 0.717) is 0 Å². The van der Waals surface area contributed by atoms with Crippen LogP contribution >= 0.6 is 0 Å². The zero-order valence-corrected chi connectivity index (χ0v) is 7.92. The summed E-state index contributed by atoms with van der Waals surface area (Å²) in [5.41, 5.74) is -3.06. The first-order valence-electron chi connectivity index (χ1n) is 3.49. The van der Waals surface area contributed by atoms with Gasteiger partial charge in [-0.2, -0.15) is 18.3 Å². The summed E-state index contributed by atoms with van der Waals surface area (Å²) in [7, 11) is -3.37. The number of hydrazine groups is 1. The van der Waals surface area contributed by atoms with Crippen LogP contribution in [-0.4, -0.2) is 25.5 Å². The molecule has 0 aliphatic rings. The average Bonchev–Trinajstić information content (AvgIpc) is 2.64. The third kappa shape index (κ3) is 3.02. The van der Waals surface area contributed by atoms with E-state index in [2.05, 4.69) is 9.50 Å². The van der Waals surface area contributed by atoms with E-state index in [-0.39, 0.29) is 0 Å². The molecule has 0 radical (unpaired) electrons. The standard InChI is InChI=1S/C5H6F3N5OS/c6-5(7,8)15(14)12-4(11-9)13-3-1-2-10-13/h1-3H,9H2,(H,11,12). The quantitative estimate of drug-likeness (QED) is 0.307. The van der Waals surface area contributed by atoms with E-state index in [0.717, 1.165) is 4.68 Å². The Labute approximate surface area is 84.5 Å². The van der Waals surface area contributed by atoms with Crippen molar-refractivity contribution in [3.63, 3.8) is 0 Å². The van der Waals surface area contributed by atoms with Gasteiger partial charge in [0.05, 0.1) is 0 Å². The van der Waals surface area contributed by atoms with E-state index >= 15 is 0 Å². The number of hydrogen-bond acceptors (Lipinski definition) is 3. The lowest BCUT2D eigenvalue weighted by Gasteiger charge is -2.05. The molecule has 3 N–H and O–H groups in total. The Balaban J connectivity index is 2.94. The minimum atomic E-state index is -4.92. The third-order valence-electron chi connectivity index (χ3n) is 1.22. The van der Waals surface area contributed by atoms with Crippen molar-refractivity contribution in [2.75, 3.05) is 0 Å². The highest BCUT2D eigenvalue weighted by Crippen LogP contribution is 2.20. The highest BCUT2D eigenvalue weighted by atomic mass is 32.2. The van der Waals surface area contributed by atoms with Gasteiger partial charge in [0.25, 0.3) is 0 Å². The highest BCUT2D eigenvalue weighted by molar-refractivity contribution is 7.84. The van der Waals surface area contributed by atoms with Gasteiger partial charge in [0, 0.05) is 12.4 Å². The average molecular weight is 241 g/mol. The summed E-state index contributed by atoms with van der Waals surface area (Å²) in [6.45, 7) is 0. The van der Waals surface area contributed by atoms with Gasteiger partial charge in [0.1, 0.15) is 0 Å². The van der Waals surface area contributed by atoms with Gasteiger partial charge in [-0.3, -0.25) is 5.43 Å². The van der Waals surface area contributed by atoms with Crippen LogP contribution in [0.4, 0.5) is 13.2 Å². The second-order valence-corrected chi connectivity index (χ2v) is 3.35. The topological polar surface area (TPSA) is 85.3 Å². The molecule has 0 saturated carbocycles. The Morgan fingerprint density at radius 1 is 1.60 bits per heavy atom. The number of aromatic nitrogens is 2. The minimum absolute atomic E-state index is 0.462. The molecule has 1 heterocycles. The van der Waals surface area contributed by atoms with Crippen LogP contribution in [-0.2, 0) is 11.0 Å². The maximum Gasteiger partial charge on any atom is 0.492 e. The molecule has 1 aromatic rings. The highest BCUT2D eigenvalue weighted by Gasteiger charge is 2.37. The first-order chi connectivity index (χ1) is 6.95. The van der Waals surface area contributed by atoms with Gasteiger partial charge in [-0.05, 0) is 6.07 Å². The monoisotopic (exact) mass is 241 g/mol. The summed E-state index contributed by atoms with van der Waals surface area (Å²) in [6, 6.07) is 1.45. The van der Waals surface area contributed by atoms with Crippen LogP contribution in [0.3, 0.4) is 0 Å². The summed E-state index contributed by atoms with van der Waals surface area (Å²) in [6.07, 6.45) is 2.61. The van der Waals surface area contributed by atoms with Crippen molar-refractivity contribution in [1.29, 1.82) is 0 Å². The van der Waals surface area contributed by atoms with Crippen molar-refractivity contribution in [3.05, 3.63) is 18.5 Å². The Hall–Kier alpha value is -1.42. The molecule has 0 amide bonds. The zero-order chi connectivity index (χ0) is 11.5. The molecule has 0 saturated heterocycles. The fraction of sp³-hybridized carbons (Fsp3) is 0.200. The fourth-order valence-corrected chi connectivity index (χ4v) is 1.06. The molecule has 1 aromatic heterocycles. The van der Waals surface area contributed by atoms with E-state index < -0.39 is 22.5 Å². The zero-order valence-electron chi connectivity index (χ0n) is 7.10. The first-order valence-corrected chi connectivity index (χ1v) is 4.60. The lowest BCUT2D eigenvalue weighted by Crippen LogP contribution is -2.37. The van der Waals surface area contributed by atoms with Crippen molar-refractivity contribution in [3.8, 4) is 0 Å². The van der Waals surface area contributed by atoms with Crippen LogP contribution < -0.4 is 11.3 Å². The van der Waals surface area contributed by atoms with Gasteiger partial charge in [-0.15, -0.1) is 4.40 Å². The Bertz CT molecular complexity index is 373. The SMILES string of the molecule is NNC(=NS(=O)C(F)(F)F)n1cccn1. The number of nitrogens with zero attached hydrogens (tertiary/aromatic N) is 3. The van der Waals surface area contributed by atoms with E-state index in [4.69, 9.17) is 5.84 Å². The van der Waals surface area contributed by atoms with Crippen molar-refractivity contribution in [1.82, 2.24) is 15.2 Å². The fourth-order valence-electron chi connectivity index (χ4n) is 0.659. The minimum Gasteiger partial charge on any atom is -0.292 e. The number of rotatable bonds is 1. The molecular formula is C5H6F3N5OS. The summed E-state index contributed by atoms with van der Waals surface area (Å²) < 4.78 is 50.0. The number of nitrogens with one attached hydrogen (secondary N) is 1. The summed E-state index contributed by atoms with van der Waals surface area (Å²) >= 11 is 0. The molecule has 1 unspecified atom stereocenters. The van der Waals surface area contributed by atoms with Crippen molar-refractivity contribution in [2.45, 2.75) is 5.51 Å². The molecule has 0 aromatic carbocycles.